The molecule has 0 spiro atoms. The summed E-state index contributed by atoms with van der Waals surface area (Å²) in [6, 6.07) is 6.09. The molecule has 1 heterocycles. The smallest absolute Gasteiger partial charge is 0.0796 e. The standard InChI is InChI=1S/C14H22N2OS/c1-3-16-6-7-17-13(9-16)10-18-14-8-12(15)5-4-11(14)2/h4-5,8,13H,3,6-7,9-10,15H2,1-2H3. The van der Waals surface area contributed by atoms with Crippen LogP contribution in [0.1, 0.15) is 12.5 Å². The van der Waals surface area contributed by atoms with Crippen molar-refractivity contribution in [1.29, 1.82) is 0 Å². The maximum atomic E-state index is 5.83. The second kappa shape index (κ2) is 6.45. The summed E-state index contributed by atoms with van der Waals surface area (Å²) >= 11 is 1.85. The molecule has 1 aromatic rings. The Bertz CT molecular complexity index is 397. The van der Waals surface area contributed by atoms with Gasteiger partial charge in [0.15, 0.2) is 0 Å². The van der Waals surface area contributed by atoms with Crippen LogP contribution in [0.2, 0.25) is 0 Å². The lowest BCUT2D eigenvalue weighted by atomic mass is 10.2. The van der Waals surface area contributed by atoms with Crippen molar-refractivity contribution in [1.82, 2.24) is 4.90 Å². The molecular weight excluding hydrogens is 244 g/mol. The van der Waals surface area contributed by atoms with Crippen LogP contribution in [0.15, 0.2) is 23.1 Å². The van der Waals surface area contributed by atoms with Gasteiger partial charge < -0.3 is 10.5 Å². The van der Waals surface area contributed by atoms with Gasteiger partial charge in [-0.2, -0.15) is 0 Å². The summed E-state index contributed by atoms with van der Waals surface area (Å²) < 4.78 is 5.81. The zero-order chi connectivity index (χ0) is 13.0. The summed E-state index contributed by atoms with van der Waals surface area (Å²) in [6.45, 7) is 8.41. The maximum Gasteiger partial charge on any atom is 0.0796 e. The van der Waals surface area contributed by atoms with E-state index in [1.54, 1.807) is 0 Å². The normalized spacial score (nSPS) is 21.1. The molecule has 1 unspecified atom stereocenters. The van der Waals surface area contributed by atoms with Crippen molar-refractivity contribution in [2.75, 3.05) is 37.7 Å². The predicted molar refractivity (Wildman–Crippen MR) is 78.2 cm³/mol. The first-order valence-corrected chi connectivity index (χ1v) is 7.50. The fraction of sp³-hybridized carbons (Fsp3) is 0.571. The summed E-state index contributed by atoms with van der Waals surface area (Å²) in [5.74, 6) is 1.00. The number of likely N-dealkylation sites (N-methyl/N-ethyl adjacent to an activating group) is 1. The number of aryl methyl sites for hydroxylation is 1. The lowest BCUT2D eigenvalue weighted by Gasteiger charge is -2.31. The fourth-order valence-electron chi connectivity index (χ4n) is 2.12. The quantitative estimate of drug-likeness (QED) is 0.671. The summed E-state index contributed by atoms with van der Waals surface area (Å²) in [7, 11) is 0. The van der Waals surface area contributed by atoms with E-state index in [-0.39, 0.29) is 0 Å². The highest BCUT2D eigenvalue weighted by molar-refractivity contribution is 7.99. The number of nitrogens with two attached hydrogens (primary N) is 1. The molecule has 0 bridgehead atoms. The molecule has 0 amide bonds. The second-order valence-corrected chi connectivity index (χ2v) is 5.78. The molecule has 1 saturated heterocycles. The van der Waals surface area contributed by atoms with Crippen LogP contribution in [0.4, 0.5) is 5.69 Å². The monoisotopic (exact) mass is 266 g/mol. The van der Waals surface area contributed by atoms with E-state index < -0.39 is 0 Å². The second-order valence-electron chi connectivity index (χ2n) is 4.72. The molecule has 1 atom stereocenters. The van der Waals surface area contributed by atoms with Crippen LogP contribution in [0, 0.1) is 6.92 Å². The molecule has 0 saturated carbocycles. The highest BCUT2D eigenvalue weighted by Gasteiger charge is 2.19. The first-order valence-electron chi connectivity index (χ1n) is 6.52. The zero-order valence-corrected chi connectivity index (χ0v) is 12.0. The molecule has 1 fully saturated rings. The third kappa shape index (κ3) is 3.64. The van der Waals surface area contributed by atoms with Crippen LogP contribution >= 0.6 is 11.8 Å². The molecule has 3 nitrogen and oxygen atoms in total. The molecule has 0 aromatic heterocycles. The summed E-state index contributed by atoms with van der Waals surface area (Å²) in [5.41, 5.74) is 7.95. The van der Waals surface area contributed by atoms with Crippen LogP contribution in [0.5, 0.6) is 0 Å². The van der Waals surface area contributed by atoms with Crippen molar-refractivity contribution in [3.8, 4) is 0 Å². The van der Waals surface area contributed by atoms with Gasteiger partial charge in [-0.1, -0.05) is 13.0 Å². The van der Waals surface area contributed by atoms with E-state index in [1.807, 2.05) is 17.8 Å². The van der Waals surface area contributed by atoms with Gasteiger partial charge in [0.1, 0.15) is 0 Å². The number of thioether (sulfide) groups is 1. The first-order chi connectivity index (χ1) is 8.69. The van der Waals surface area contributed by atoms with Crippen molar-refractivity contribution in [3.05, 3.63) is 23.8 Å². The number of nitrogens with zero attached hydrogens (tertiary/aromatic N) is 1. The van der Waals surface area contributed by atoms with E-state index in [1.165, 1.54) is 10.5 Å². The van der Waals surface area contributed by atoms with Crippen molar-refractivity contribution >= 4 is 17.4 Å². The Hall–Kier alpha value is -0.710. The van der Waals surface area contributed by atoms with E-state index in [0.717, 1.165) is 37.7 Å². The molecule has 2 N–H and O–H groups in total. The van der Waals surface area contributed by atoms with Crippen molar-refractivity contribution in [3.63, 3.8) is 0 Å². The topological polar surface area (TPSA) is 38.5 Å². The molecule has 1 aromatic carbocycles. The zero-order valence-electron chi connectivity index (χ0n) is 11.2. The van der Waals surface area contributed by atoms with Crippen molar-refractivity contribution in [2.24, 2.45) is 0 Å². The van der Waals surface area contributed by atoms with Gasteiger partial charge >= 0.3 is 0 Å². The molecule has 1 aliphatic rings. The van der Waals surface area contributed by atoms with Gasteiger partial charge in [-0.05, 0) is 31.2 Å². The number of hydrogen-bond donors (Lipinski definition) is 1. The molecule has 1 aliphatic heterocycles. The summed E-state index contributed by atoms with van der Waals surface area (Å²) in [5, 5.41) is 0. The minimum Gasteiger partial charge on any atom is -0.399 e. The lowest BCUT2D eigenvalue weighted by molar-refractivity contribution is -0.0137. The lowest BCUT2D eigenvalue weighted by Crippen LogP contribution is -2.43. The first kappa shape index (κ1) is 13.7. The number of anilines is 1. The number of morpholine rings is 1. The van der Waals surface area contributed by atoms with Gasteiger partial charge in [-0.25, -0.2) is 0 Å². The molecule has 4 heteroatoms. The summed E-state index contributed by atoms with van der Waals surface area (Å²) in [6.07, 6.45) is 0.338. The van der Waals surface area contributed by atoms with Gasteiger partial charge in [0, 0.05) is 29.4 Å². The van der Waals surface area contributed by atoms with Gasteiger partial charge in [-0.15, -0.1) is 11.8 Å². The Morgan fingerprint density at radius 1 is 1.50 bits per heavy atom. The largest absolute Gasteiger partial charge is 0.399 e. The van der Waals surface area contributed by atoms with Crippen LogP contribution in [-0.2, 0) is 4.74 Å². The van der Waals surface area contributed by atoms with E-state index in [4.69, 9.17) is 10.5 Å². The minimum atomic E-state index is 0.338. The number of hydrogen-bond acceptors (Lipinski definition) is 4. The predicted octanol–water partition coefficient (Wildman–Crippen LogP) is 2.39. The SMILES string of the molecule is CCN1CCOC(CSc2cc(N)ccc2C)C1. The molecule has 0 radical (unpaired) electrons. The minimum absolute atomic E-state index is 0.338. The fourth-order valence-corrected chi connectivity index (χ4v) is 3.21. The van der Waals surface area contributed by atoms with Crippen LogP contribution in [0.25, 0.3) is 0 Å². The Kier molecular flexibility index (Phi) is 4.92. The Morgan fingerprint density at radius 2 is 2.33 bits per heavy atom. The van der Waals surface area contributed by atoms with Crippen LogP contribution < -0.4 is 5.73 Å². The molecule has 100 valence electrons. The molecular formula is C14H22N2OS. The maximum absolute atomic E-state index is 5.83. The number of ether oxygens (including phenoxy) is 1. The van der Waals surface area contributed by atoms with Crippen molar-refractivity contribution in [2.45, 2.75) is 24.8 Å². The Morgan fingerprint density at radius 3 is 3.11 bits per heavy atom. The van der Waals surface area contributed by atoms with Gasteiger partial charge in [0.05, 0.1) is 12.7 Å². The van der Waals surface area contributed by atoms with E-state index in [0.29, 0.717) is 6.10 Å². The summed E-state index contributed by atoms with van der Waals surface area (Å²) in [4.78, 5) is 3.72. The van der Waals surface area contributed by atoms with Gasteiger partial charge in [-0.3, -0.25) is 4.90 Å². The van der Waals surface area contributed by atoms with E-state index >= 15 is 0 Å². The van der Waals surface area contributed by atoms with Gasteiger partial charge in [0.25, 0.3) is 0 Å². The van der Waals surface area contributed by atoms with Crippen molar-refractivity contribution < 1.29 is 4.74 Å². The number of nitrogen functional groups attached to an aromatic ring is 1. The molecule has 2 rings (SSSR count). The Labute approximate surface area is 114 Å². The number of benzene rings is 1. The highest BCUT2D eigenvalue weighted by Crippen LogP contribution is 2.26. The Balaban J connectivity index is 1.89. The van der Waals surface area contributed by atoms with Crippen LogP contribution in [0.3, 0.4) is 0 Å². The van der Waals surface area contributed by atoms with Gasteiger partial charge in [0.2, 0.25) is 0 Å². The molecule has 0 aliphatic carbocycles. The average Bonchev–Trinajstić information content (AvgIpc) is 2.40. The number of rotatable bonds is 4. The third-order valence-corrected chi connectivity index (χ3v) is 4.60. The highest BCUT2D eigenvalue weighted by atomic mass is 32.2. The van der Waals surface area contributed by atoms with E-state index in [2.05, 4.69) is 30.9 Å². The molecule has 18 heavy (non-hydrogen) atoms. The third-order valence-electron chi connectivity index (χ3n) is 3.31. The average molecular weight is 266 g/mol. The van der Waals surface area contributed by atoms with Crippen LogP contribution in [-0.4, -0.2) is 43.0 Å². The van der Waals surface area contributed by atoms with E-state index in [9.17, 15) is 0 Å².